The van der Waals surface area contributed by atoms with Crippen molar-refractivity contribution in [1.82, 2.24) is 59.7 Å². The number of hydrogen-bond donors (Lipinski definition) is 1. The second kappa shape index (κ2) is 14.9. The number of halogens is 1. The number of aliphatic hydroxyl groups is 1. The number of aliphatic hydroxyl groups excluding tert-OH is 1. The Hall–Kier alpha value is -6.84. The predicted molar refractivity (Wildman–Crippen MR) is 209 cm³/mol. The quantitative estimate of drug-likeness (QED) is 0.165. The number of alkyl halides is 1. The third kappa shape index (κ3) is 7.13. The number of pyridine rings is 4. The number of fused-ring (bicyclic) bond motifs is 4. The van der Waals surface area contributed by atoms with Crippen molar-refractivity contribution in [1.29, 1.82) is 0 Å². The van der Waals surface area contributed by atoms with Gasteiger partial charge < -0.3 is 5.11 Å². The highest BCUT2D eigenvalue weighted by atomic mass is 32.1. The van der Waals surface area contributed by atoms with Gasteiger partial charge in [0.05, 0.1) is 54.9 Å². The maximum absolute atomic E-state index is 12.5. The molecular weight excluding hydrogens is 716 g/mol. The van der Waals surface area contributed by atoms with Crippen LogP contribution in [0.4, 0.5) is 4.39 Å². The molecule has 0 saturated heterocycles. The highest BCUT2D eigenvalue weighted by Crippen LogP contribution is 2.26. The molecule has 0 fully saturated rings. The largest absolute Gasteiger partial charge is 0.391 e. The van der Waals surface area contributed by atoms with Gasteiger partial charge in [0.15, 0.2) is 11.3 Å². The summed E-state index contributed by atoms with van der Waals surface area (Å²) in [7, 11) is 0. The van der Waals surface area contributed by atoms with Crippen LogP contribution in [0.25, 0.3) is 66.6 Å². The number of nitrogens with zero attached hydrogens (tertiary/aromatic N) is 12. The monoisotopic (exact) mass is 746 g/mol. The van der Waals surface area contributed by atoms with E-state index < -0.39 is 6.67 Å². The number of benzene rings is 2. The molecule has 15 heteroatoms. The lowest BCUT2D eigenvalue weighted by Crippen LogP contribution is -2.03. The molecule has 0 spiro atoms. The van der Waals surface area contributed by atoms with Gasteiger partial charge in [0.1, 0.15) is 17.7 Å². The molecule has 0 aliphatic heterocycles. The van der Waals surface area contributed by atoms with Crippen molar-refractivity contribution in [3.05, 3.63) is 137 Å². The molecular formula is C40H31FN12OS. The highest BCUT2D eigenvalue weighted by Gasteiger charge is 2.13. The minimum absolute atomic E-state index is 0.0449. The van der Waals surface area contributed by atoms with Gasteiger partial charge in [-0.25, -0.2) is 23.7 Å². The van der Waals surface area contributed by atoms with Crippen molar-refractivity contribution in [2.24, 2.45) is 0 Å². The van der Waals surface area contributed by atoms with E-state index in [1.807, 2.05) is 76.8 Å². The Balaban J connectivity index is 0.000000144. The minimum atomic E-state index is -0.453. The third-order valence-corrected chi connectivity index (χ3v) is 9.99. The number of aromatic nitrogens is 12. The summed E-state index contributed by atoms with van der Waals surface area (Å²) in [6.45, 7) is 0.968. The molecule has 1 N–H and O–H groups in total. The van der Waals surface area contributed by atoms with Crippen molar-refractivity contribution in [3.63, 3.8) is 0 Å². The van der Waals surface area contributed by atoms with Gasteiger partial charge >= 0.3 is 0 Å². The second-order valence-corrected chi connectivity index (χ2v) is 13.8. The smallest absolute Gasteiger partial charge is 0.179 e. The van der Waals surface area contributed by atoms with Gasteiger partial charge in [0.25, 0.3) is 0 Å². The fraction of sp³-hybridized carbons (Fsp3) is 0.125. The van der Waals surface area contributed by atoms with E-state index in [0.29, 0.717) is 18.7 Å². The van der Waals surface area contributed by atoms with Crippen LogP contribution >= 0.6 is 11.3 Å². The van der Waals surface area contributed by atoms with Gasteiger partial charge in [-0.15, -0.1) is 21.5 Å². The Labute approximate surface area is 316 Å². The average molecular weight is 747 g/mol. The molecule has 0 aliphatic carbocycles. The van der Waals surface area contributed by atoms with Gasteiger partial charge in [0.2, 0.25) is 0 Å². The van der Waals surface area contributed by atoms with Crippen LogP contribution in [-0.4, -0.2) is 71.5 Å². The van der Waals surface area contributed by atoms with E-state index >= 15 is 0 Å². The lowest BCUT2D eigenvalue weighted by atomic mass is 10.1. The van der Waals surface area contributed by atoms with Gasteiger partial charge in [-0.3, -0.25) is 14.6 Å². The van der Waals surface area contributed by atoms with E-state index in [1.54, 1.807) is 34.2 Å². The van der Waals surface area contributed by atoms with Crippen molar-refractivity contribution < 1.29 is 9.50 Å². The van der Waals surface area contributed by atoms with Crippen LogP contribution in [0.2, 0.25) is 0 Å². The molecule has 0 radical (unpaired) electrons. The zero-order chi connectivity index (χ0) is 37.1. The maximum atomic E-state index is 12.5. The van der Waals surface area contributed by atoms with Gasteiger partial charge in [-0.05, 0) is 77.9 Å². The first kappa shape index (κ1) is 34.0. The van der Waals surface area contributed by atoms with E-state index in [0.717, 1.165) is 77.0 Å². The van der Waals surface area contributed by atoms with Gasteiger partial charge in [0, 0.05) is 50.7 Å². The summed E-state index contributed by atoms with van der Waals surface area (Å²) in [5, 5.41) is 34.6. The molecule has 10 aromatic rings. The van der Waals surface area contributed by atoms with E-state index in [4.69, 9.17) is 9.97 Å². The van der Waals surface area contributed by atoms with Crippen LogP contribution < -0.4 is 0 Å². The second-order valence-electron chi connectivity index (χ2n) is 12.8. The molecule has 0 atom stereocenters. The maximum Gasteiger partial charge on any atom is 0.179 e. The molecule has 0 unspecified atom stereocenters. The van der Waals surface area contributed by atoms with Crippen LogP contribution in [-0.2, 0) is 26.2 Å². The number of hydrogen-bond acceptors (Lipinski definition) is 11. The topological polar surface area (TPSA) is 151 Å². The lowest BCUT2D eigenvalue weighted by molar-refractivity contribution is 0.285. The number of rotatable bonds is 9. The molecule has 0 amide bonds. The zero-order valence-electron chi connectivity index (χ0n) is 29.2. The molecule has 270 valence electrons. The van der Waals surface area contributed by atoms with Gasteiger partial charge in [-0.2, -0.15) is 5.10 Å². The minimum Gasteiger partial charge on any atom is -0.391 e. The Morgan fingerprint density at radius 1 is 0.655 bits per heavy atom. The van der Waals surface area contributed by atoms with Crippen LogP contribution in [0.15, 0.2) is 121 Å². The molecule has 10 rings (SSSR count). The normalized spacial score (nSPS) is 11.5. The molecule has 0 bridgehead atoms. The van der Waals surface area contributed by atoms with Crippen LogP contribution in [0.5, 0.6) is 0 Å². The Kier molecular flexibility index (Phi) is 9.19. The van der Waals surface area contributed by atoms with E-state index in [9.17, 15) is 9.50 Å². The first-order valence-corrected chi connectivity index (χ1v) is 18.3. The van der Waals surface area contributed by atoms with E-state index in [1.165, 1.54) is 11.3 Å². The fourth-order valence-corrected chi connectivity index (χ4v) is 7.07. The van der Waals surface area contributed by atoms with Crippen molar-refractivity contribution >= 4 is 55.5 Å². The average Bonchev–Trinajstić information content (AvgIpc) is 4.06. The standard InChI is InChI=1S/C20H16FN7.C20H15N5OS/c21-7-9-27-13-16(11-23-27)18-5-6-19-20(24-18)28(26-25-19)12-14-3-4-17-15(10-14)2-1-8-22-17;26-11-16-9-15(12-27-16)18-5-6-19-20(22-18)25(24-23-19)10-13-3-4-17-14(8-13)2-1-7-21-17/h1-6,8,10-11,13H,7,9,12H2;1-9,12,26H,10-11H2. The SMILES string of the molecule is FCCn1cc(-c2ccc3nnn(Cc4ccc5ncccc5c4)c3n2)cn1.OCc1cc(-c2ccc3nnn(Cc4ccc5ncccc5c4)c3n2)cs1. The summed E-state index contributed by atoms with van der Waals surface area (Å²) in [6, 6.07) is 29.9. The molecule has 2 aromatic carbocycles. The lowest BCUT2D eigenvalue weighted by Gasteiger charge is -2.05. The van der Waals surface area contributed by atoms with Crippen LogP contribution in [0.3, 0.4) is 0 Å². The molecule has 55 heavy (non-hydrogen) atoms. The van der Waals surface area contributed by atoms with Crippen molar-refractivity contribution in [3.8, 4) is 22.5 Å². The van der Waals surface area contributed by atoms with Gasteiger partial charge in [-0.1, -0.05) is 34.7 Å². The summed E-state index contributed by atoms with van der Waals surface area (Å²) in [5.74, 6) is 0. The predicted octanol–water partition coefficient (Wildman–Crippen LogP) is 6.90. The Bertz CT molecular complexity index is 2930. The van der Waals surface area contributed by atoms with Crippen LogP contribution in [0, 0.1) is 0 Å². The van der Waals surface area contributed by atoms with Crippen molar-refractivity contribution in [2.45, 2.75) is 26.2 Å². The van der Waals surface area contributed by atoms with Crippen molar-refractivity contribution in [2.75, 3.05) is 6.67 Å². The Morgan fingerprint density at radius 2 is 1.24 bits per heavy atom. The fourth-order valence-electron chi connectivity index (χ4n) is 6.34. The molecule has 0 aliphatic rings. The summed E-state index contributed by atoms with van der Waals surface area (Å²) in [4.78, 5) is 19.1. The summed E-state index contributed by atoms with van der Waals surface area (Å²) >= 11 is 1.53. The highest BCUT2D eigenvalue weighted by molar-refractivity contribution is 7.10. The first-order chi connectivity index (χ1) is 27.1. The van der Waals surface area contributed by atoms with E-state index in [-0.39, 0.29) is 13.2 Å². The Morgan fingerprint density at radius 3 is 1.80 bits per heavy atom. The molecule has 0 saturated carbocycles. The van der Waals surface area contributed by atoms with E-state index in [2.05, 4.69) is 60.0 Å². The summed E-state index contributed by atoms with van der Waals surface area (Å²) in [6.07, 6.45) is 7.06. The molecule has 13 nitrogen and oxygen atoms in total. The molecule has 8 aromatic heterocycles. The first-order valence-electron chi connectivity index (χ1n) is 17.5. The number of aryl methyl sites for hydroxylation is 1. The van der Waals surface area contributed by atoms with Crippen LogP contribution in [0.1, 0.15) is 16.0 Å². The summed E-state index contributed by atoms with van der Waals surface area (Å²) < 4.78 is 17.7. The summed E-state index contributed by atoms with van der Waals surface area (Å²) in [5.41, 5.74) is 10.5. The number of thiophene rings is 1. The zero-order valence-corrected chi connectivity index (χ0v) is 30.0. The third-order valence-electron chi connectivity index (χ3n) is 9.07. The molecule has 8 heterocycles.